The monoisotopic (exact) mass is 867 g/mol. The second-order valence-corrected chi connectivity index (χ2v) is 17.7. The fraction of sp³-hybridized carbons (Fsp3) is 0. The Balaban J connectivity index is 0.928. The zero-order chi connectivity index (χ0) is 44.7. The van der Waals surface area contributed by atoms with Crippen molar-refractivity contribution in [2.45, 2.75) is 0 Å². The normalized spacial score (nSPS) is 11.8. The second-order valence-electron chi connectivity index (χ2n) is 17.7. The van der Waals surface area contributed by atoms with Crippen molar-refractivity contribution < 1.29 is 4.42 Å². The highest BCUT2D eigenvalue weighted by Gasteiger charge is 2.21. The molecule has 0 radical (unpaired) electrons. The molecule has 4 nitrogen and oxygen atoms in total. The lowest BCUT2D eigenvalue weighted by Crippen LogP contribution is -2.11. The minimum absolute atomic E-state index is 0.881. The number of hydrogen-bond donors (Lipinski definition) is 0. The molecule has 0 atom stereocenters. The van der Waals surface area contributed by atoms with Gasteiger partial charge in [0.2, 0.25) is 0 Å². The quantitative estimate of drug-likeness (QED) is 0.160. The number of furan rings is 1. The van der Waals surface area contributed by atoms with E-state index in [4.69, 9.17) is 4.42 Å². The first-order valence-corrected chi connectivity index (χ1v) is 23.2. The molecule has 68 heavy (non-hydrogen) atoms. The van der Waals surface area contributed by atoms with Crippen LogP contribution in [0, 0.1) is 0 Å². The number of aromatic nitrogens is 2. The summed E-state index contributed by atoms with van der Waals surface area (Å²) in [6.07, 6.45) is 0. The lowest BCUT2D eigenvalue weighted by molar-refractivity contribution is 0.672. The molecule has 14 rings (SSSR count). The molecular weight excluding hydrogens is 827 g/mol. The Morgan fingerprint density at radius 2 is 0.853 bits per heavy atom. The van der Waals surface area contributed by atoms with Gasteiger partial charge in [-0.2, -0.15) is 0 Å². The number of rotatable bonds is 7. The average Bonchev–Trinajstić information content (AvgIpc) is 4.07. The molecule has 0 aliphatic carbocycles. The van der Waals surface area contributed by atoms with Crippen LogP contribution >= 0.6 is 0 Å². The SMILES string of the molecule is c1cc(-c2ccc(N(c3cccc(-n4c5ccccc5c5ccccc54)c3)c3ccccc3-c3ccc4oc5c6ccccc6ccc5c4c3)cc2)cc(-n2c3ccccc3c3ccccc32)c1. The van der Waals surface area contributed by atoms with Gasteiger partial charge in [0.1, 0.15) is 11.2 Å². The van der Waals surface area contributed by atoms with Crippen LogP contribution in [-0.2, 0) is 0 Å². The molecule has 0 aliphatic heterocycles. The summed E-state index contributed by atoms with van der Waals surface area (Å²) in [5.74, 6) is 0. The first-order valence-electron chi connectivity index (χ1n) is 23.2. The summed E-state index contributed by atoms with van der Waals surface area (Å²) in [5, 5.41) is 9.51. The second kappa shape index (κ2) is 15.2. The molecule has 0 N–H and O–H groups in total. The molecule has 318 valence electrons. The van der Waals surface area contributed by atoms with Gasteiger partial charge >= 0.3 is 0 Å². The van der Waals surface area contributed by atoms with Crippen molar-refractivity contribution in [1.29, 1.82) is 0 Å². The van der Waals surface area contributed by atoms with Gasteiger partial charge in [0.25, 0.3) is 0 Å². The van der Waals surface area contributed by atoms with Crippen LogP contribution in [0.3, 0.4) is 0 Å². The highest BCUT2D eigenvalue weighted by atomic mass is 16.3. The molecule has 0 unspecified atom stereocenters. The van der Waals surface area contributed by atoms with E-state index in [1.165, 1.54) is 49.0 Å². The standard InChI is InChI=1S/C64H41N3O/c1-2-21-51-43(15-1)33-37-56-57-40-45(34-38-63(57)68-64(51)56)50-20-3-8-26-58(50)65(48-18-14-19-49(41-48)67-61-29-11-6-24-54(61)55-25-7-12-30-62(55)67)46-35-31-42(32-36-46)44-16-13-17-47(39-44)66-59-27-9-4-22-52(59)53-23-5-10-28-60(53)66/h1-41H. The van der Waals surface area contributed by atoms with Crippen molar-refractivity contribution in [2.75, 3.05) is 4.90 Å². The van der Waals surface area contributed by atoms with Crippen molar-refractivity contribution in [3.05, 3.63) is 249 Å². The third kappa shape index (κ3) is 5.94. The van der Waals surface area contributed by atoms with Gasteiger partial charge in [0.15, 0.2) is 0 Å². The van der Waals surface area contributed by atoms with Gasteiger partial charge < -0.3 is 18.5 Å². The number of benzene rings is 11. The summed E-state index contributed by atoms with van der Waals surface area (Å²) < 4.78 is 11.4. The van der Waals surface area contributed by atoms with E-state index in [1.807, 2.05) is 0 Å². The zero-order valence-electron chi connectivity index (χ0n) is 36.9. The fourth-order valence-corrected chi connectivity index (χ4v) is 10.8. The van der Waals surface area contributed by atoms with Gasteiger partial charge in [-0.15, -0.1) is 0 Å². The van der Waals surface area contributed by atoms with E-state index in [-0.39, 0.29) is 0 Å². The summed E-state index contributed by atoms with van der Waals surface area (Å²) in [5.41, 5.74) is 16.5. The molecule has 3 aromatic heterocycles. The molecule has 4 heteroatoms. The number of para-hydroxylation sites is 5. The van der Waals surface area contributed by atoms with Crippen molar-refractivity contribution >= 4 is 93.4 Å². The van der Waals surface area contributed by atoms with E-state index < -0.39 is 0 Å². The lowest BCUT2D eigenvalue weighted by Gasteiger charge is -2.28. The van der Waals surface area contributed by atoms with Crippen molar-refractivity contribution in [2.24, 2.45) is 0 Å². The van der Waals surface area contributed by atoms with Gasteiger partial charge in [-0.25, -0.2) is 0 Å². The molecule has 0 amide bonds. The minimum atomic E-state index is 0.881. The van der Waals surface area contributed by atoms with Crippen LogP contribution < -0.4 is 4.90 Å². The Labute approximate surface area is 392 Å². The van der Waals surface area contributed by atoms with Gasteiger partial charge in [-0.05, 0) is 113 Å². The number of nitrogens with zero attached hydrogens (tertiary/aromatic N) is 3. The molecule has 11 aromatic carbocycles. The summed E-state index contributed by atoms with van der Waals surface area (Å²) >= 11 is 0. The zero-order valence-corrected chi connectivity index (χ0v) is 36.9. The maximum Gasteiger partial charge on any atom is 0.143 e. The maximum absolute atomic E-state index is 6.58. The van der Waals surface area contributed by atoms with E-state index >= 15 is 0 Å². The molecule has 0 spiro atoms. The van der Waals surface area contributed by atoms with Crippen molar-refractivity contribution in [1.82, 2.24) is 9.13 Å². The van der Waals surface area contributed by atoms with Gasteiger partial charge in [0.05, 0.1) is 27.8 Å². The number of fused-ring (bicyclic) bond motifs is 11. The number of hydrogen-bond acceptors (Lipinski definition) is 2. The Morgan fingerprint density at radius 1 is 0.309 bits per heavy atom. The summed E-state index contributed by atoms with van der Waals surface area (Å²) in [6.45, 7) is 0. The summed E-state index contributed by atoms with van der Waals surface area (Å²) in [7, 11) is 0. The molecule has 0 fully saturated rings. The van der Waals surface area contributed by atoms with Gasteiger partial charge in [-0.3, -0.25) is 0 Å². The van der Waals surface area contributed by atoms with Crippen LogP contribution in [0.25, 0.3) is 110 Å². The van der Waals surface area contributed by atoms with Gasteiger partial charge in [0, 0.05) is 66.0 Å². The van der Waals surface area contributed by atoms with Crippen LogP contribution in [0.15, 0.2) is 253 Å². The first-order chi connectivity index (χ1) is 33.7. The van der Waals surface area contributed by atoms with Crippen LogP contribution in [0.2, 0.25) is 0 Å². The molecule has 3 heterocycles. The molecule has 0 aliphatic rings. The van der Waals surface area contributed by atoms with E-state index in [0.29, 0.717) is 0 Å². The average molecular weight is 868 g/mol. The Hall–Kier alpha value is -9.12. The molecular formula is C64H41N3O. The third-order valence-corrected chi connectivity index (χ3v) is 13.9. The van der Waals surface area contributed by atoms with Crippen LogP contribution in [-0.4, -0.2) is 9.13 Å². The Bertz CT molecular complexity index is 4180. The fourth-order valence-electron chi connectivity index (χ4n) is 10.8. The largest absolute Gasteiger partial charge is 0.455 e. The Kier molecular flexibility index (Phi) is 8.55. The minimum Gasteiger partial charge on any atom is -0.455 e. The molecule has 0 bridgehead atoms. The van der Waals surface area contributed by atoms with E-state index in [0.717, 1.165) is 78.0 Å². The Morgan fingerprint density at radius 3 is 1.51 bits per heavy atom. The predicted molar refractivity (Wildman–Crippen MR) is 285 cm³/mol. The predicted octanol–water partition coefficient (Wildman–Crippen LogP) is 17.7. The summed E-state index contributed by atoms with van der Waals surface area (Å²) in [4.78, 5) is 2.41. The molecule has 14 aromatic rings. The topological polar surface area (TPSA) is 26.2 Å². The highest BCUT2D eigenvalue weighted by molar-refractivity contribution is 6.16. The number of anilines is 3. The van der Waals surface area contributed by atoms with E-state index in [2.05, 4.69) is 263 Å². The van der Waals surface area contributed by atoms with E-state index in [9.17, 15) is 0 Å². The highest BCUT2D eigenvalue weighted by Crippen LogP contribution is 2.45. The van der Waals surface area contributed by atoms with E-state index in [1.54, 1.807) is 0 Å². The third-order valence-electron chi connectivity index (χ3n) is 13.9. The lowest BCUT2D eigenvalue weighted by atomic mass is 9.98. The first kappa shape index (κ1) is 38.2. The van der Waals surface area contributed by atoms with Crippen molar-refractivity contribution in [3.63, 3.8) is 0 Å². The van der Waals surface area contributed by atoms with Crippen LogP contribution in [0.4, 0.5) is 17.1 Å². The maximum atomic E-state index is 6.58. The summed E-state index contributed by atoms with van der Waals surface area (Å²) in [6, 6.07) is 90.0. The van der Waals surface area contributed by atoms with Crippen LogP contribution in [0.1, 0.15) is 0 Å². The molecule has 0 saturated carbocycles. The van der Waals surface area contributed by atoms with Crippen LogP contribution in [0.5, 0.6) is 0 Å². The van der Waals surface area contributed by atoms with Gasteiger partial charge in [-0.1, -0.05) is 158 Å². The molecule has 0 saturated heterocycles. The smallest absolute Gasteiger partial charge is 0.143 e. The van der Waals surface area contributed by atoms with Crippen molar-refractivity contribution in [3.8, 4) is 33.6 Å².